The monoisotopic (exact) mass is 778 g/mol. The number of anilines is 2. The molecule has 3 fully saturated rings. The third kappa shape index (κ3) is 4.85. The number of allylic oxidation sites excluding steroid dienone is 2. The topological polar surface area (TPSA) is 113 Å². The predicted octanol–water partition coefficient (Wildman–Crippen LogP) is 8.62. The Hall–Kier alpha value is -4.77. The van der Waals surface area contributed by atoms with Crippen molar-refractivity contribution in [3.05, 3.63) is 105 Å². The second kappa shape index (κ2) is 12.4. The van der Waals surface area contributed by atoms with Gasteiger partial charge >= 0.3 is 0 Å². The van der Waals surface area contributed by atoms with Gasteiger partial charge in [0.1, 0.15) is 17.3 Å². The van der Waals surface area contributed by atoms with Crippen molar-refractivity contribution in [2.45, 2.75) is 46.0 Å². The van der Waals surface area contributed by atoms with Gasteiger partial charge in [0.2, 0.25) is 23.6 Å². The van der Waals surface area contributed by atoms with Gasteiger partial charge in [-0.2, -0.15) is 5.10 Å². The maximum Gasteiger partial charge on any atom is 0.242 e. The number of fused-ring (bicyclic) bond motifs is 5. The Morgan fingerprint density at radius 1 is 0.907 bits per heavy atom. The summed E-state index contributed by atoms with van der Waals surface area (Å²) in [5.74, 6) is -4.72. The van der Waals surface area contributed by atoms with E-state index in [9.17, 15) is 19.5 Å². The number of halogens is 2. The number of rotatable bonds is 5. The number of imide groups is 2. The van der Waals surface area contributed by atoms with E-state index in [-0.39, 0.29) is 24.0 Å². The fourth-order valence-corrected chi connectivity index (χ4v) is 11.2. The summed E-state index contributed by atoms with van der Waals surface area (Å²) in [4.78, 5) is 61.8. The number of thiophene rings is 1. The first kappa shape index (κ1) is 35.0. The van der Waals surface area contributed by atoms with Gasteiger partial charge < -0.3 is 5.11 Å². The van der Waals surface area contributed by atoms with Gasteiger partial charge in [-0.15, -0.1) is 11.3 Å². The molecule has 1 saturated carbocycles. The molecule has 5 aromatic rings. The van der Waals surface area contributed by atoms with Crippen molar-refractivity contribution in [1.82, 2.24) is 9.78 Å². The number of nitrogens with zero attached hydrogens (tertiary/aromatic N) is 4. The molecule has 0 unspecified atom stereocenters. The lowest BCUT2D eigenvalue weighted by Crippen LogP contribution is -2.49. The molecule has 4 aliphatic rings. The van der Waals surface area contributed by atoms with Gasteiger partial charge in [-0.05, 0) is 104 Å². The first-order valence-corrected chi connectivity index (χ1v) is 19.7. The largest absolute Gasteiger partial charge is 0.508 e. The Morgan fingerprint density at radius 2 is 1.63 bits per heavy atom. The minimum absolute atomic E-state index is 0.0682. The van der Waals surface area contributed by atoms with Crippen LogP contribution < -0.4 is 9.80 Å². The van der Waals surface area contributed by atoms with Gasteiger partial charge in [0, 0.05) is 39.3 Å². The highest BCUT2D eigenvalue weighted by Gasteiger charge is 2.68. The van der Waals surface area contributed by atoms with E-state index in [1.165, 1.54) is 15.9 Å². The number of phenolic OH excluding ortho intramolecular Hbond substituents is 1. The first-order valence-electron chi connectivity index (χ1n) is 18.1. The Morgan fingerprint density at radius 3 is 2.37 bits per heavy atom. The Labute approximate surface area is 325 Å². The van der Waals surface area contributed by atoms with E-state index in [4.69, 9.17) is 28.3 Å². The van der Waals surface area contributed by atoms with Crippen LogP contribution in [-0.2, 0) is 32.6 Å². The van der Waals surface area contributed by atoms with Gasteiger partial charge in [0.15, 0.2) is 0 Å². The van der Waals surface area contributed by atoms with E-state index in [2.05, 4.69) is 0 Å². The Balaban J connectivity index is 1.15. The van der Waals surface area contributed by atoms with Crippen LogP contribution >= 0.6 is 34.5 Å². The van der Waals surface area contributed by atoms with Gasteiger partial charge in [-0.25, -0.2) is 4.90 Å². The van der Waals surface area contributed by atoms with Crippen LogP contribution in [0.4, 0.5) is 11.5 Å². The molecule has 3 aromatic carbocycles. The maximum absolute atomic E-state index is 15.1. The number of hydrogen-bond donors (Lipinski definition) is 1. The molecular formula is C42H36Cl2N4O5S. The smallest absolute Gasteiger partial charge is 0.242 e. The number of aromatic nitrogens is 2. The molecule has 6 atom stereocenters. The maximum atomic E-state index is 15.1. The molecule has 2 saturated heterocycles. The zero-order chi connectivity index (χ0) is 38.0. The van der Waals surface area contributed by atoms with E-state index in [1.807, 2.05) is 50.3 Å². The minimum atomic E-state index is -1.36. The van der Waals surface area contributed by atoms with E-state index < -0.39 is 46.8 Å². The highest BCUT2D eigenvalue weighted by molar-refractivity contribution is 7.22. The summed E-state index contributed by atoms with van der Waals surface area (Å²) in [7, 11) is 1.71. The minimum Gasteiger partial charge on any atom is -0.508 e. The molecule has 4 amide bonds. The molecule has 2 aliphatic heterocycles. The molecule has 9 rings (SSSR count). The summed E-state index contributed by atoms with van der Waals surface area (Å²) in [6.45, 7) is 5.83. The van der Waals surface area contributed by atoms with Gasteiger partial charge in [0.05, 0.1) is 33.7 Å². The zero-order valence-corrected chi connectivity index (χ0v) is 32.3. The number of carbonyl (C=O) groups excluding carboxylic acids is 4. The summed E-state index contributed by atoms with van der Waals surface area (Å²) < 4.78 is 2.60. The van der Waals surface area contributed by atoms with E-state index in [1.54, 1.807) is 60.3 Å². The third-order valence-electron chi connectivity index (χ3n) is 12.4. The average Bonchev–Trinajstić information content (AvgIpc) is 3.83. The fraction of sp³-hybridized carbons (Fsp3) is 0.310. The molecule has 9 nitrogen and oxygen atoms in total. The van der Waals surface area contributed by atoms with Crippen molar-refractivity contribution in [3.63, 3.8) is 0 Å². The Kier molecular flexibility index (Phi) is 8.01. The first-order chi connectivity index (χ1) is 25.8. The standard InChI is InChI=1S/C42H36Cl2N4O5S/c1-5-21-6-10-24(11-7-21)47-38(50)26-13-12-25-28(35(26)40(47)52)18-30-39(51)48(41(53)42(30,3)36(25)29-17-22(43)8-14-32(29)49)34-19-31(45-46(34)4)37-20(2)27-16-23(44)9-15-33(27)54-37/h6-12,14-17,19,26,28,30,35-36,49H,5,13,18H2,1-4H3/t26-,28+,30-,35-,36+,42+/m0/s1. The molecule has 54 heavy (non-hydrogen) atoms. The van der Waals surface area contributed by atoms with Crippen LogP contribution in [0.2, 0.25) is 10.0 Å². The van der Waals surface area contributed by atoms with Crippen LogP contribution in [0.15, 0.2) is 78.4 Å². The molecule has 0 bridgehead atoms. The van der Waals surface area contributed by atoms with Gasteiger partial charge in [0.25, 0.3) is 0 Å². The summed E-state index contributed by atoms with van der Waals surface area (Å²) in [5.41, 5.74) is 3.04. The van der Waals surface area contributed by atoms with Crippen LogP contribution in [0.5, 0.6) is 5.75 Å². The zero-order valence-electron chi connectivity index (χ0n) is 30.0. The predicted molar refractivity (Wildman–Crippen MR) is 210 cm³/mol. The van der Waals surface area contributed by atoms with Crippen LogP contribution in [0, 0.1) is 36.0 Å². The number of aromatic hydroxyl groups is 1. The van der Waals surface area contributed by atoms with Crippen molar-refractivity contribution >= 4 is 79.8 Å². The molecule has 0 radical (unpaired) electrons. The van der Waals surface area contributed by atoms with Crippen LogP contribution in [-0.4, -0.2) is 38.5 Å². The normalized spacial score (nSPS) is 26.4. The van der Waals surface area contributed by atoms with E-state index in [0.717, 1.165) is 38.1 Å². The van der Waals surface area contributed by atoms with Crippen molar-refractivity contribution in [1.29, 1.82) is 0 Å². The number of amides is 4. The third-order valence-corrected chi connectivity index (χ3v) is 14.2. The molecule has 274 valence electrons. The highest BCUT2D eigenvalue weighted by Crippen LogP contribution is 2.64. The number of benzene rings is 3. The number of carbonyl (C=O) groups is 4. The second-order valence-corrected chi connectivity index (χ2v) is 17.0. The van der Waals surface area contributed by atoms with Crippen molar-refractivity contribution in [3.8, 4) is 16.3 Å². The molecule has 2 aromatic heterocycles. The molecule has 2 aliphatic carbocycles. The van der Waals surface area contributed by atoms with Crippen molar-refractivity contribution in [2.24, 2.45) is 36.1 Å². The molecule has 0 spiro atoms. The number of phenols is 1. The van der Waals surface area contributed by atoms with Crippen molar-refractivity contribution < 1.29 is 24.3 Å². The van der Waals surface area contributed by atoms with Crippen molar-refractivity contribution in [2.75, 3.05) is 9.80 Å². The lowest BCUT2D eigenvalue weighted by atomic mass is 9.51. The highest BCUT2D eigenvalue weighted by atomic mass is 35.5. The molecular weight excluding hydrogens is 743 g/mol. The molecule has 4 heterocycles. The van der Waals surface area contributed by atoms with Crippen LogP contribution in [0.3, 0.4) is 0 Å². The summed E-state index contributed by atoms with van der Waals surface area (Å²) >= 11 is 14.4. The summed E-state index contributed by atoms with van der Waals surface area (Å²) in [5, 5.41) is 18.2. The number of hydrogen-bond acceptors (Lipinski definition) is 7. The average molecular weight is 780 g/mol. The summed E-state index contributed by atoms with van der Waals surface area (Å²) in [6, 6.07) is 19.7. The van der Waals surface area contributed by atoms with Crippen LogP contribution in [0.1, 0.15) is 49.3 Å². The fourth-order valence-electron chi connectivity index (χ4n) is 9.68. The summed E-state index contributed by atoms with van der Waals surface area (Å²) in [6.07, 6.45) is 3.27. The Bertz CT molecular complexity index is 2510. The lowest BCUT2D eigenvalue weighted by Gasteiger charge is -2.49. The number of aryl methyl sites for hydroxylation is 3. The van der Waals surface area contributed by atoms with E-state index >= 15 is 4.79 Å². The van der Waals surface area contributed by atoms with E-state index in [0.29, 0.717) is 39.2 Å². The van der Waals surface area contributed by atoms with Gasteiger partial charge in [-0.3, -0.25) is 28.8 Å². The second-order valence-electron chi connectivity index (χ2n) is 15.1. The molecule has 12 heteroatoms. The molecule has 1 N–H and O–H groups in total. The van der Waals surface area contributed by atoms with Crippen LogP contribution in [0.25, 0.3) is 20.7 Å². The van der Waals surface area contributed by atoms with Gasteiger partial charge in [-0.1, -0.05) is 53.9 Å². The lowest BCUT2D eigenvalue weighted by molar-refractivity contribution is -0.131. The quantitative estimate of drug-likeness (QED) is 0.141. The SMILES string of the molecule is CCc1ccc(N2C(=O)[C@H]3[C@H](CC=C4[C@H]3C[C@H]3C(=O)N(c5cc(-c6sc7ccc(Cl)cc7c6C)nn5C)C(=O)[C@@]3(C)[C@H]4c3cc(Cl)ccc3O)C2=O)cc1.